The number of alkyl halides is 6. The molecule has 4 nitrogen and oxygen atoms in total. The molecule has 4 rings (SSSR count). The van der Waals surface area contributed by atoms with Crippen LogP contribution in [0, 0.1) is 11.8 Å². The third-order valence-electron chi connectivity index (χ3n) is 7.02. The fourth-order valence-corrected chi connectivity index (χ4v) is 5.19. The lowest BCUT2D eigenvalue weighted by atomic mass is 9.87. The second kappa shape index (κ2) is 9.87. The van der Waals surface area contributed by atoms with Gasteiger partial charge in [-0.2, -0.15) is 26.3 Å². The Hall–Kier alpha value is -2.49. The Morgan fingerprint density at radius 1 is 1.00 bits per heavy atom. The van der Waals surface area contributed by atoms with Gasteiger partial charge in [-0.1, -0.05) is 18.2 Å². The summed E-state index contributed by atoms with van der Waals surface area (Å²) in [6, 6.07) is 7.42. The summed E-state index contributed by atoms with van der Waals surface area (Å²) < 4.78 is 86.5. The van der Waals surface area contributed by atoms with Gasteiger partial charge in [0.25, 0.3) is 0 Å². The SMILES string of the molecule is O=C(O)[C@@H]1CCCN(Cc2ccc3c(C(F)(F)F)c(OC4CCC(C(F)(F)F)CC4)ccc3c2)C1. The van der Waals surface area contributed by atoms with Crippen molar-refractivity contribution in [2.45, 2.75) is 63.5 Å². The van der Waals surface area contributed by atoms with E-state index in [4.69, 9.17) is 4.74 Å². The zero-order valence-electron chi connectivity index (χ0n) is 19.0. The van der Waals surface area contributed by atoms with Gasteiger partial charge in [0.1, 0.15) is 11.3 Å². The lowest BCUT2D eigenvalue weighted by Crippen LogP contribution is -2.38. The largest absolute Gasteiger partial charge is 0.490 e. The zero-order chi connectivity index (χ0) is 25.4. The van der Waals surface area contributed by atoms with Crippen LogP contribution in [-0.4, -0.2) is 41.3 Å². The van der Waals surface area contributed by atoms with Crippen LogP contribution in [0.15, 0.2) is 30.3 Å². The van der Waals surface area contributed by atoms with Gasteiger partial charge >= 0.3 is 18.3 Å². The van der Waals surface area contributed by atoms with E-state index in [1.807, 2.05) is 4.90 Å². The molecular formula is C25H27F6NO3. The minimum atomic E-state index is -4.71. The van der Waals surface area contributed by atoms with Gasteiger partial charge in [-0.3, -0.25) is 9.69 Å². The molecule has 0 spiro atoms. The average Bonchev–Trinajstić information content (AvgIpc) is 2.78. The third kappa shape index (κ3) is 6.02. The highest BCUT2D eigenvalue weighted by atomic mass is 19.4. The van der Waals surface area contributed by atoms with Crippen LogP contribution in [0.1, 0.15) is 49.7 Å². The lowest BCUT2D eigenvalue weighted by molar-refractivity contribution is -0.185. The van der Waals surface area contributed by atoms with Crippen molar-refractivity contribution in [2.24, 2.45) is 11.8 Å². The van der Waals surface area contributed by atoms with E-state index in [0.717, 1.165) is 18.5 Å². The molecule has 2 aromatic rings. The molecule has 192 valence electrons. The molecule has 1 saturated carbocycles. The zero-order valence-corrected chi connectivity index (χ0v) is 19.0. The molecule has 1 heterocycles. The Morgan fingerprint density at radius 3 is 2.34 bits per heavy atom. The summed E-state index contributed by atoms with van der Waals surface area (Å²) in [5.74, 6) is -3.10. The number of hydrogen-bond acceptors (Lipinski definition) is 3. The van der Waals surface area contributed by atoms with E-state index in [-0.39, 0.29) is 36.8 Å². The van der Waals surface area contributed by atoms with Crippen LogP contribution in [0.4, 0.5) is 26.3 Å². The number of carboxylic acid groups (broad SMARTS) is 1. The number of carbonyl (C=O) groups is 1. The Labute approximate surface area is 198 Å². The summed E-state index contributed by atoms with van der Waals surface area (Å²) in [5.41, 5.74) is -0.154. The van der Waals surface area contributed by atoms with Gasteiger partial charge in [0.05, 0.1) is 17.9 Å². The van der Waals surface area contributed by atoms with Crippen molar-refractivity contribution in [3.8, 4) is 5.75 Å². The van der Waals surface area contributed by atoms with E-state index >= 15 is 0 Å². The molecule has 35 heavy (non-hydrogen) atoms. The lowest BCUT2D eigenvalue weighted by Gasteiger charge is -2.31. The van der Waals surface area contributed by atoms with Gasteiger partial charge in [0.2, 0.25) is 0 Å². The molecule has 2 aromatic carbocycles. The fraction of sp³-hybridized carbons (Fsp3) is 0.560. The fourth-order valence-electron chi connectivity index (χ4n) is 5.19. The number of likely N-dealkylation sites (tertiary alicyclic amines) is 1. The Bertz CT molecular complexity index is 1060. The average molecular weight is 503 g/mol. The van der Waals surface area contributed by atoms with E-state index in [0.29, 0.717) is 24.9 Å². The smallest absolute Gasteiger partial charge is 0.420 e. The highest BCUT2D eigenvalue weighted by Gasteiger charge is 2.42. The maximum absolute atomic E-state index is 14.1. The number of halogens is 6. The summed E-state index contributed by atoms with van der Waals surface area (Å²) >= 11 is 0. The molecule has 1 N–H and O–H groups in total. The van der Waals surface area contributed by atoms with Crippen molar-refractivity contribution in [1.82, 2.24) is 4.90 Å². The minimum Gasteiger partial charge on any atom is -0.490 e. The van der Waals surface area contributed by atoms with E-state index in [1.54, 1.807) is 12.1 Å². The van der Waals surface area contributed by atoms with E-state index in [1.165, 1.54) is 18.2 Å². The van der Waals surface area contributed by atoms with Gasteiger partial charge in [-0.15, -0.1) is 0 Å². The van der Waals surface area contributed by atoms with Gasteiger partial charge in [0, 0.05) is 13.1 Å². The maximum Gasteiger partial charge on any atom is 0.420 e. The molecule has 0 unspecified atom stereocenters. The first-order valence-electron chi connectivity index (χ1n) is 11.7. The maximum atomic E-state index is 14.1. The first kappa shape index (κ1) is 25.6. The van der Waals surface area contributed by atoms with Crippen LogP contribution in [0.25, 0.3) is 10.8 Å². The second-order valence-corrected chi connectivity index (χ2v) is 9.54. The van der Waals surface area contributed by atoms with Crippen LogP contribution in [0.3, 0.4) is 0 Å². The van der Waals surface area contributed by atoms with Gasteiger partial charge in [-0.25, -0.2) is 0 Å². The van der Waals surface area contributed by atoms with Crippen molar-refractivity contribution >= 4 is 16.7 Å². The molecular weight excluding hydrogens is 476 g/mol. The van der Waals surface area contributed by atoms with Crippen LogP contribution >= 0.6 is 0 Å². The molecule has 2 aliphatic rings. The van der Waals surface area contributed by atoms with Gasteiger partial charge < -0.3 is 9.84 Å². The molecule has 1 aliphatic heterocycles. The quantitative estimate of drug-likeness (QED) is 0.464. The van der Waals surface area contributed by atoms with Crippen molar-refractivity contribution in [1.29, 1.82) is 0 Å². The molecule has 1 atom stereocenters. The van der Waals surface area contributed by atoms with Crippen molar-refractivity contribution < 1.29 is 41.0 Å². The first-order valence-corrected chi connectivity index (χ1v) is 11.7. The number of carboxylic acids is 1. The topological polar surface area (TPSA) is 49.8 Å². The number of nitrogens with zero attached hydrogens (tertiary/aromatic N) is 1. The minimum absolute atomic E-state index is 0.0372. The molecule has 10 heteroatoms. The standard InChI is InChI=1S/C25H27F6NO3/c26-24(27,28)18-5-7-19(8-6-18)35-21-10-4-16-12-15(3-9-20(16)22(21)25(29,30)31)13-32-11-1-2-17(14-32)23(33)34/h3-4,9-10,12,17-19H,1-2,5-8,11,13-14H2,(H,33,34)/t17-,18?,19?/m1/s1. The van der Waals surface area contributed by atoms with E-state index < -0.39 is 41.8 Å². The van der Waals surface area contributed by atoms with Gasteiger partial charge in [-0.05, 0) is 73.5 Å². The van der Waals surface area contributed by atoms with Crippen LogP contribution in [-0.2, 0) is 17.5 Å². The molecule has 1 aliphatic carbocycles. The van der Waals surface area contributed by atoms with E-state index in [2.05, 4.69) is 0 Å². The molecule has 0 aromatic heterocycles. The van der Waals surface area contributed by atoms with Crippen LogP contribution in [0.2, 0.25) is 0 Å². The normalized spacial score (nSPS) is 24.5. The Balaban J connectivity index is 1.54. The number of ether oxygens (including phenoxy) is 1. The molecule has 1 saturated heterocycles. The Kier molecular flexibility index (Phi) is 7.22. The molecule has 0 amide bonds. The van der Waals surface area contributed by atoms with Gasteiger partial charge in [0.15, 0.2) is 0 Å². The van der Waals surface area contributed by atoms with Crippen molar-refractivity contribution in [2.75, 3.05) is 13.1 Å². The number of aliphatic carboxylic acids is 1. The third-order valence-corrected chi connectivity index (χ3v) is 7.02. The number of fused-ring (bicyclic) bond motifs is 1. The Morgan fingerprint density at radius 2 is 1.71 bits per heavy atom. The summed E-state index contributed by atoms with van der Waals surface area (Å²) in [6.07, 6.45) is -8.58. The highest BCUT2D eigenvalue weighted by molar-refractivity contribution is 5.89. The highest BCUT2D eigenvalue weighted by Crippen LogP contribution is 2.44. The first-order chi connectivity index (χ1) is 16.4. The number of hydrogen-bond donors (Lipinski definition) is 1. The summed E-state index contributed by atoms with van der Waals surface area (Å²) in [5, 5.41) is 9.60. The monoisotopic (exact) mass is 503 g/mol. The molecule has 2 fully saturated rings. The van der Waals surface area contributed by atoms with Crippen LogP contribution < -0.4 is 4.74 Å². The predicted molar refractivity (Wildman–Crippen MR) is 117 cm³/mol. The summed E-state index contributed by atoms with van der Waals surface area (Å²) in [7, 11) is 0. The second-order valence-electron chi connectivity index (χ2n) is 9.54. The number of piperidine rings is 1. The van der Waals surface area contributed by atoms with Crippen molar-refractivity contribution in [3.05, 3.63) is 41.5 Å². The predicted octanol–water partition coefficient (Wildman–Crippen LogP) is 6.66. The number of rotatable bonds is 5. The van der Waals surface area contributed by atoms with Crippen LogP contribution in [0.5, 0.6) is 5.75 Å². The molecule has 0 radical (unpaired) electrons. The van der Waals surface area contributed by atoms with E-state index in [9.17, 15) is 36.2 Å². The summed E-state index contributed by atoms with van der Waals surface area (Å²) in [6.45, 7) is 1.55. The molecule has 0 bridgehead atoms. The summed E-state index contributed by atoms with van der Waals surface area (Å²) in [4.78, 5) is 13.3. The number of benzene rings is 2. The van der Waals surface area contributed by atoms with Crippen molar-refractivity contribution in [3.63, 3.8) is 0 Å².